The summed E-state index contributed by atoms with van der Waals surface area (Å²) in [6.07, 6.45) is 4.52. The van der Waals surface area contributed by atoms with Gasteiger partial charge >= 0.3 is 5.97 Å². The summed E-state index contributed by atoms with van der Waals surface area (Å²) in [6.45, 7) is 5.61. The molecular weight excluding hydrogens is 296 g/mol. The van der Waals surface area contributed by atoms with Gasteiger partial charge in [0.1, 0.15) is 0 Å². The van der Waals surface area contributed by atoms with Crippen molar-refractivity contribution >= 4 is 11.9 Å². The van der Waals surface area contributed by atoms with Crippen LogP contribution in [0.4, 0.5) is 0 Å². The number of nitrogens with one attached hydrogen (secondary N) is 1. The number of carbonyl (C=O) groups is 2. The number of hydrogen-bond acceptors (Lipinski definition) is 4. The zero-order valence-corrected chi connectivity index (χ0v) is 13.8. The minimum atomic E-state index is -0.855. The van der Waals surface area contributed by atoms with Gasteiger partial charge in [-0.15, -0.1) is 0 Å². The molecule has 1 amide bonds. The van der Waals surface area contributed by atoms with E-state index in [2.05, 4.69) is 10.3 Å². The lowest BCUT2D eigenvalue weighted by molar-refractivity contribution is -0.145. The maximum atomic E-state index is 12.4. The smallest absolute Gasteiger partial charge is 0.308 e. The molecule has 23 heavy (non-hydrogen) atoms. The number of nitrogens with zero attached hydrogens (tertiary/aromatic N) is 1. The molecule has 6 nitrogen and oxygen atoms in total. The Balaban J connectivity index is 2.09. The van der Waals surface area contributed by atoms with Gasteiger partial charge < -0.3 is 15.2 Å². The van der Waals surface area contributed by atoms with E-state index >= 15 is 0 Å². The van der Waals surface area contributed by atoms with Gasteiger partial charge in [0.2, 0.25) is 5.88 Å². The molecule has 2 atom stereocenters. The highest BCUT2D eigenvalue weighted by Crippen LogP contribution is 2.34. The Morgan fingerprint density at radius 3 is 2.70 bits per heavy atom. The van der Waals surface area contributed by atoms with Gasteiger partial charge in [-0.25, -0.2) is 4.98 Å². The van der Waals surface area contributed by atoms with Crippen molar-refractivity contribution in [3.05, 3.63) is 23.9 Å². The van der Waals surface area contributed by atoms with E-state index in [0.29, 0.717) is 24.3 Å². The number of rotatable bonds is 5. The highest BCUT2D eigenvalue weighted by molar-refractivity contribution is 5.94. The number of carbonyl (C=O) groups excluding carboxylic acids is 1. The number of ether oxygens (including phenoxy) is 1. The van der Waals surface area contributed by atoms with Crippen LogP contribution < -0.4 is 10.1 Å². The van der Waals surface area contributed by atoms with Gasteiger partial charge in [-0.2, -0.15) is 0 Å². The Labute approximate surface area is 136 Å². The maximum Gasteiger partial charge on any atom is 0.308 e. The molecule has 2 unspecified atom stereocenters. The molecule has 0 radical (unpaired) electrons. The lowest BCUT2D eigenvalue weighted by Crippen LogP contribution is -2.55. The monoisotopic (exact) mass is 320 g/mol. The minimum Gasteiger partial charge on any atom is -0.481 e. The highest BCUT2D eigenvalue weighted by Gasteiger charge is 2.42. The number of carboxylic acids is 1. The average Bonchev–Trinajstić information content (AvgIpc) is 2.47. The fourth-order valence-electron chi connectivity index (χ4n) is 3.04. The summed E-state index contributed by atoms with van der Waals surface area (Å²) >= 11 is 0. The molecule has 0 bridgehead atoms. The molecule has 1 aromatic rings. The molecule has 126 valence electrons. The summed E-state index contributed by atoms with van der Waals surface area (Å²) in [5, 5.41) is 12.3. The first-order valence-electron chi connectivity index (χ1n) is 8.00. The molecule has 1 saturated carbocycles. The molecular formula is C17H24N2O4. The molecule has 0 saturated heterocycles. The van der Waals surface area contributed by atoms with Crippen molar-refractivity contribution in [2.75, 3.05) is 0 Å². The lowest BCUT2D eigenvalue weighted by Gasteiger charge is -2.39. The summed E-state index contributed by atoms with van der Waals surface area (Å²) in [6, 6.07) is 3.29. The Hall–Kier alpha value is -2.11. The third kappa shape index (κ3) is 4.21. The van der Waals surface area contributed by atoms with Crippen molar-refractivity contribution in [3.8, 4) is 5.88 Å². The van der Waals surface area contributed by atoms with E-state index in [9.17, 15) is 14.7 Å². The van der Waals surface area contributed by atoms with Crippen LogP contribution in [-0.2, 0) is 4.79 Å². The molecule has 1 aliphatic carbocycles. The maximum absolute atomic E-state index is 12.4. The van der Waals surface area contributed by atoms with Crippen molar-refractivity contribution in [2.24, 2.45) is 5.92 Å². The first-order chi connectivity index (χ1) is 10.8. The second kappa shape index (κ2) is 6.98. The van der Waals surface area contributed by atoms with Gasteiger partial charge in [-0.1, -0.05) is 12.8 Å². The van der Waals surface area contributed by atoms with Gasteiger partial charge in [-0.3, -0.25) is 9.59 Å². The predicted octanol–water partition coefficient (Wildman–Crippen LogP) is 2.63. The molecule has 0 spiro atoms. The predicted molar refractivity (Wildman–Crippen MR) is 85.5 cm³/mol. The molecule has 1 aromatic heterocycles. The fraction of sp³-hybridized carbons (Fsp3) is 0.588. The SMILES string of the molecule is CC(C)Oc1ccc(C(=O)NC2(C)CCCCC2C(=O)O)cn1. The van der Waals surface area contributed by atoms with E-state index in [-0.39, 0.29) is 12.0 Å². The average molecular weight is 320 g/mol. The number of hydrogen-bond donors (Lipinski definition) is 2. The van der Waals surface area contributed by atoms with E-state index < -0.39 is 17.4 Å². The summed E-state index contributed by atoms with van der Waals surface area (Å²) in [7, 11) is 0. The number of amides is 1. The van der Waals surface area contributed by atoms with Crippen LogP contribution in [0, 0.1) is 5.92 Å². The van der Waals surface area contributed by atoms with Crippen molar-refractivity contribution in [2.45, 2.75) is 58.1 Å². The standard InChI is InChI=1S/C17H24N2O4/c1-11(2)23-14-8-7-12(10-18-14)15(20)19-17(3)9-5-4-6-13(17)16(21)22/h7-8,10-11,13H,4-6,9H2,1-3H3,(H,19,20)(H,21,22). The van der Waals surface area contributed by atoms with Crippen LogP contribution in [0.3, 0.4) is 0 Å². The topological polar surface area (TPSA) is 88.5 Å². The van der Waals surface area contributed by atoms with Crippen LogP contribution >= 0.6 is 0 Å². The number of carboxylic acid groups (broad SMARTS) is 1. The molecule has 2 N–H and O–H groups in total. The summed E-state index contributed by atoms with van der Waals surface area (Å²) < 4.78 is 5.45. The Bertz CT molecular complexity index is 570. The quantitative estimate of drug-likeness (QED) is 0.870. The normalized spacial score (nSPS) is 24.3. The molecule has 0 aromatic carbocycles. The largest absolute Gasteiger partial charge is 0.481 e. The van der Waals surface area contributed by atoms with Gasteiger partial charge in [0.15, 0.2) is 0 Å². The molecule has 0 aliphatic heterocycles. The first-order valence-corrected chi connectivity index (χ1v) is 8.00. The van der Waals surface area contributed by atoms with E-state index in [1.54, 1.807) is 12.1 Å². The van der Waals surface area contributed by atoms with E-state index in [1.165, 1.54) is 6.20 Å². The van der Waals surface area contributed by atoms with E-state index in [1.807, 2.05) is 20.8 Å². The Morgan fingerprint density at radius 2 is 2.13 bits per heavy atom. The van der Waals surface area contributed by atoms with Crippen LogP contribution in [0.2, 0.25) is 0 Å². The third-order valence-corrected chi connectivity index (χ3v) is 4.26. The van der Waals surface area contributed by atoms with E-state index in [0.717, 1.165) is 12.8 Å². The Kier molecular flexibility index (Phi) is 5.23. The van der Waals surface area contributed by atoms with Crippen LogP contribution in [0.1, 0.15) is 56.8 Å². The fourth-order valence-corrected chi connectivity index (χ4v) is 3.04. The van der Waals surface area contributed by atoms with Crippen LogP contribution in [0.15, 0.2) is 18.3 Å². The number of aliphatic carboxylic acids is 1. The van der Waals surface area contributed by atoms with Gasteiger partial charge in [0, 0.05) is 12.3 Å². The second-order valence-corrected chi connectivity index (χ2v) is 6.56. The Morgan fingerprint density at radius 1 is 1.39 bits per heavy atom. The van der Waals surface area contributed by atoms with Crippen molar-refractivity contribution in [1.29, 1.82) is 0 Å². The van der Waals surface area contributed by atoms with Gasteiger partial charge in [0.25, 0.3) is 5.91 Å². The lowest BCUT2D eigenvalue weighted by atomic mass is 9.74. The summed E-state index contributed by atoms with van der Waals surface area (Å²) in [5.74, 6) is -1.25. The molecule has 2 rings (SSSR count). The summed E-state index contributed by atoms with van der Waals surface area (Å²) in [4.78, 5) is 28.0. The molecule has 6 heteroatoms. The zero-order valence-electron chi connectivity index (χ0n) is 13.8. The first kappa shape index (κ1) is 17.2. The number of aromatic nitrogens is 1. The number of pyridine rings is 1. The molecule has 1 aliphatic rings. The molecule has 1 heterocycles. The van der Waals surface area contributed by atoms with Crippen LogP contribution in [-0.4, -0.2) is 33.6 Å². The minimum absolute atomic E-state index is 0.0136. The van der Waals surface area contributed by atoms with Crippen molar-refractivity contribution < 1.29 is 19.4 Å². The molecule has 1 fully saturated rings. The van der Waals surface area contributed by atoms with Crippen molar-refractivity contribution in [1.82, 2.24) is 10.3 Å². The van der Waals surface area contributed by atoms with Crippen LogP contribution in [0.5, 0.6) is 5.88 Å². The zero-order chi connectivity index (χ0) is 17.0. The van der Waals surface area contributed by atoms with Crippen LogP contribution in [0.25, 0.3) is 0 Å². The van der Waals surface area contributed by atoms with Crippen molar-refractivity contribution in [3.63, 3.8) is 0 Å². The summed E-state index contributed by atoms with van der Waals surface area (Å²) in [5.41, 5.74) is -0.328. The van der Waals surface area contributed by atoms with E-state index in [4.69, 9.17) is 4.74 Å². The second-order valence-electron chi connectivity index (χ2n) is 6.56. The third-order valence-electron chi connectivity index (χ3n) is 4.26. The highest BCUT2D eigenvalue weighted by atomic mass is 16.5. The van der Waals surface area contributed by atoms with Gasteiger partial charge in [0.05, 0.1) is 23.1 Å². The van der Waals surface area contributed by atoms with Gasteiger partial charge in [-0.05, 0) is 39.7 Å².